The van der Waals surface area contributed by atoms with E-state index in [0.717, 1.165) is 31.0 Å². The summed E-state index contributed by atoms with van der Waals surface area (Å²) in [6.45, 7) is 10.9. The lowest BCUT2D eigenvalue weighted by Crippen LogP contribution is -2.34. The molecule has 0 fully saturated rings. The van der Waals surface area contributed by atoms with Gasteiger partial charge in [0.1, 0.15) is 0 Å². The van der Waals surface area contributed by atoms with Gasteiger partial charge in [0.25, 0.3) is 0 Å². The van der Waals surface area contributed by atoms with Crippen LogP contribution in [0.3, 0.4) is 0 Å². The minimum absolute atomic E-state index is 0.107. The molecule has 5 nitrogen and oxygen atoms in total. The average molecular weight is 287 g/mol. The molecule has 0 unspecified atom stereocenters. The van der Waals surface area contributed by atoms with Crippen molar-refractivity contribution >= 4 is 0 Å². The monoisotopic (exact) mass is 287 g/mol. The first-order valence-corrected chi connectivity index (χ1v) is 7.51. The number of para-hydroxylation sites is 1. The molecule has 2 rings (SSSR count). The fraction of sp³-hybridized carbons (Fsp3) is 0.562. The summed E-state index contributed by atoms with van der Waals surface area (Å²) in [4.78, 5) is 0. The molecular formula is C16H25N5. The van der Waals surface area contributed by atoms with Crippen LogP contribution in [0.5, 0.6) is 0 Å². The number of aromatic nitrogens is 4. The van der Waals surface area contributed by atoms with Gasteiger partial charge in [0.2, 0.25) is 0 Å². The van der Waals surface area contributed by atoms with E-state index >= 15 is 0 Å². The van der Waals surface area contributed by atoms with Gasteiger partial charge in [0.15, 0.2) is 5.82 Å². The van der Waals surface area contributed by atoms with E-state index in [4.69, 9.17) is 0 Å². The first-order chi connectivity index (χ1) is 9.98. The normalized spacial score (nSPS) is 12.0. The summed E-state index contributed by atoms with van der Waals surface area (Å²) in [5, 5.41) is 15.7. The molecule has 2 aromatic rings. The van der Waals surface area contributed by atoms with Crippen molar-refractivity contribution in [2.24, 2.45) is 11.3 Å². The van der Waals surface area contributed by atoms with Crippen LogP contribution in [-0.4, -0.2) is 33.3 Å². The van der Waals surface area contributed by atoms with Gasteiger partial charge < -0.3 is 5.32 Å². The highest BCUT2D eigenvalue weighted by molar-refractivity contribution is 5.30. The van der Waals surface area contributed by atoms with Crippen molar-refractivity contribution < 1.29 is 0 Å². The number of hydrogen-bond acceptors (Lipinski definition) is 4. The Bertz CT molecular complexity index is 545. The van der Waals surface area contributed by atoms with Gasteiger partial charge in [0.05, 0.1) is 5.69 Å². The predicted octanol–water partition coefficient (Wildman–Crippen LogP) is 2.48. The van der Waals surface area contributed by atoms with Gasteiger partial charge in [-0.1, -0.05) is 45.9 Å². The molecule has 0 radical (unpaired) electrons. The highest BCUT2D eigenvalue weighted by Crippen LogP contribution is 2.21. The van der Waals surface area contributed by atoms with Crippen molar-refractivity contribution in [2.75, 3.05) is 13.1 Å². The number of rotatable bonds is 7. The predicted molar refractivity (Wildman–Crippen MR) is 84.3 cm³/mol. The van der Waals surface area contributed by atoms with Crippen LogP contribution in [0.4, 0.5) is 0 Å². The summed E-state index contributed by atoms with van der Waals surface area (Å²) in [7, 11) is 0. The Balaban J connectivity index is 2.05. The minimum Gasteiger partial charge on any atom is -0.316 e. The second-order valence-corrected chi connectivity index (χ2v) is 6.71. The van der Waals surface area contributed by atoms with Gasteiger partial charge in [-0.3, -0.25) is 0 Å². The van der Waals surface area contributed by atoms with Crippen molar-refractivity contribution in [3.8, 4) is 5.69 Å². The molecule has 0 saturated carbocycles. The molecule has 1 heterocycles. The summed E-state index contributed by atoms with van der Waals surface area (Å²) in [6.07, 6.45) is 0.833. The Morgan fingerprint density at radius 2 is 1.90 bits per heavy atom. The van der Waals surface area contributed by atoms with Crippen molar-refractivity contribution in [3.05, 3.63) is 36.2 Å². The Hall–Kier alpha value is -1.75. The van der Waals surface area contributed by atoms with Crippen LogP contribution < -0.4 is 5.32 Å². The van der Waals surface area contributed by atoms with Gasteiger partial charge in [-0.2, -0.15) is 4.68 Å². The van der Waals surface area contributed by atoms with Crippen molar-refractivity contribution in [1.82, 2.24) is 25.5 Å². The largest absolute Gasteiger partial charge is 0.316 e. The standard InChI is InChI=1S/C16H25N5/c1-13(2)11-17-12-16(3,4)10-15-18-19-20-21(15)14-8-6-5-7-9-14/h5-9,13,17H,10-12H2,1-4H3. The molecule has 0 spiro atoms. The van der Waals surface area contributed by atoms with Crippen molar-refractivity contribution in [3.63, 3.8) is 0 Å². The lowest BCUT2D eigenvalue weighted by Gasteiger charge is -2.25. The molecule has 114 valence electrons. The number of benzene rings is 1. The Labute approximate surface area is 126 Å². The van der Waals surface area contributed by atoms with E-state index in [1.807, 2.05) is 35.0 Å². The van der Waals surface area contributed by atoms with E-state index < -0.39 is 0 Å². The molecule has 0 amide bonds. The summed E-state index contributed by atoms with van der Waals surface area (Å²) in [6, 6.07) is 10.0. The zero-order valence-corrected chi connectivity index (χ0v) is 13.4. The van der Waals surface area contributed by atoms with E-state index in [9.17, 15) is 0 Å². The van der Waals surface area contributed by atoms with Gasteiger partial charge >= 0.3 is 0 Å². The van der Waals surface area contributed by atoms with Crippen LogP contribution >= 0.6 is 0 Å². The molecule has 21 heavy (non-hydrogen) atoms. The number of hydrogen-bond donors (Lipinski definition) is 1. The van der Waals surface area contributed by atoms with Gasteiger partial charge in [-0.05, 0) is 40.4 Å². The smallest absolute Gasteiger partial charge is 0.157 e. The topological polar surface area (TPSA) is 55.6 Å². The Kier molecular flexibility index (Phi) is 5.07. The molecule has 0 bridgehead atoms. The van der Waals surface area contributed by atoms with E-state index in [1.165, 1.54) is 0 Å². The molecule has 0 saturated heterocycles. The lowest BCUT2D eigenvalue weighted by atomic mass is 9.88. The zero-order chi connectivity index (χ0) is 15.3. The molecule has 0 aliphatic carbocycles. The van der Waals surface area contributed by atoms with Gasteiger partial charge in [-0.15, -0.1) is 5.10 Å². The summed E-state index contributed by atoms with van der Waals surface area (Å²) in [5.74, 6) is 1.56. The van der Waals surface area contributed by atoms with Crippen LogP contribution in [0.25, 0.3) is 5.69 Å². The highest BCUT2D eigenvalue weighted by Gasteiger charge is 2.22. The summed E-state index contributed by atoms with van der Waals surface area (Å²) < 4.78 is 1.82. The van der Waals surface area contributed by atoms with Gasteiger partial charge in [0, 0.05) is 13.0 Å². The van der Waals surface area contributed by atoms with Crippen LogP contribution in [0, 0.1) is 11.3 Å². The Morgan fingerprint density at radius 1 is 1.19 bits per heavy atom. The average Bonchev–Trinajstić information content (AvgIpc) is 2.86. The van der Waals surface area contributed by atoms with Crippen LogP contribution in [0.15, 0.2) is 30.3 Å². The SMILES string of the molecule is CC(C)CNCC(C)(C)Cc1nnnn1-c1ccccc1. The number of tetrazole rings is 1. The first kappa shape index (κ1) is 15.6. The fourth-order valence-corrected chi connectivity index (χ4v) is 2.28. The second kappa shape index (κ2) is 6.80. The Morgan fingerprint density at radius 3 is 2.57 bits per heavy atom. The molecule has 1 aromatic heterocycles. The molecule has 1 aromatic carbocycles. The number of nitrogens with zero attached hydrogens (tertiary/aromatic N) is 4. The summed E-state index contributed by atoms with van der Waals surface area (Å²) in [5.41, 5.74) is 1.11. The molecule has 0 atom stereocenters. The van der Waals surface area contributed by atoms with Gasteiger partial charge in [-0.25, -0.2) is 0 Å². The molecule has 1 N–H and O–H groups in total. The van der Waals surface area contributed by atoms with Crippen LogP contribution in [-0.2, 0) is 6.42 Å². The maximum atomic E-state index is 4.20. The molecular weight excluding hydrogens is 262 g/mol. The van der Waals surface area contributed by atoms with E-state index in [1.54, 1.807) is 0 Å². The summed E-state index contributed by atoms with van der Waals surface area (Å²) >= 11 is 0. The zero-order valence-electron chi connectivity index (χ0n) is 13.4. The van der Waals surface area contributed by atoms with E-state index in [0.29, 0.717) is 5.92 Å². The third-order valence-electron chi connectivity index (χ3n) is 3.33. The second-order valence-electron chi connectivity index (χ2n) is 6.71. The van der Waals surface area contributed by atoms with Crippen LogP contribution in [0.2, 0.25) is 0 Å². The van der Waals surface area contributed by atoms with Crippen LogP contribution in [0.1, 0.15) is 33.5 Å². The third kappa shape index (κ3) is 4.63. The fourth-order valence-electron chi connectivity index (χ4n) is 2.28. The molecule has 0 aliphatic rings. The van der Waals surface area contributed by atoms with E-state index in [2.05, 4.69) is 48.5 Å². The maximum Gasteiger partial charge on any atom is 0.157 e. The highest BCUT2D eigenvalue weighted by atomic mass is 15.5. The van der Waals surface area contributed by atoms with E-state index in [-0.39, 0.29) is 5.41 Å². The number of nitrogens with one attached hydrogen (secondary N) is 1. The molecule has 0 aliphatic heterocycles. The maximum absolute atomic E-state index is 4.20. The first-order valence-electron chi connectivity index (χ1n) is 7.51. The molecule has 5 heteroatoms. The lowest BCUT2D eigenvalue weighted by molar-refractivity contribution is 0.321. The minimum atomic E-state index is 0.107. The quantitative estimate of drug-likeness (QED) is 0.850. The third-order valence-corrected chi connectivity index (χ3v) is 3.33. The van der Waals surface area contributed by atoms with Crippen molar-refractivity contribution in [2.45, 2.75) is 34.1 Å². The van der Waals surface area contributed by atoms with Crippen molar-refractivity contribution in [1.29, 1.82) is 0 Å².